The molecule has 3 aromatic carbocycles. The number of halogens is 1. The van der Waals surface area contributed by atoms with Crippen molar-refractivity contribution in [3.8, 4) is 22.5 Å². The zero-order valence-corrected chi connectivity index (χ0v) is 29.1. The molecule has 1 saturated carbocycles. The van der Waals surface area contributed by atoms with Gasteiger partial charge in [0.15, 0.2) is 0 Å². The number of amides is 3. The van der Waals surface area contributed by atoms with Crippen molar-refractivity contribution < 1.29 is 14.4 Å². The van der Waals surface area contributed by atoms with Gasteiger partial charge in [0, 0.05) is 35.2 Å². The van der Waals surface area contributed by atoms with Gasteiger partial charge in [-0.25, -0.2) is 0 Å². The highest BCUT2D eigenvalue weighted by Crippen LogP contribution is 2.30. The topological polar surface area (TPSA) is 180 Å². The monoisotopic (exact) mass is 699 g/mol. The van der Waals surface area contributed by atoms with E-state index in [2.05, 4.69) is 41.9 Å². The average molecular weight is 700 g/mol. The molecule has 7 N–H and O–H groups in total. The number of nitrogens with zero attached hydrogens (tertiary/aromatic N) is 3. The van der Waals surface area contributed by atoms with Crippen molar-refractivity contribution in [2.45, 2.75) is 64.0 Å². The van der Waals surface area contributed by atoms with Gasteiger partial charge in [-0.05, 0) is 129 Å². The van der Waals surface area contributed by atoms with Crippen LogP contribution in [0.25, 0.3) is 22.5 Å². The third-order valence-corrected chi connectivity index (χ3v) is 9.82. The van der Waals surface area contributed by atoms with E-state index in [0.717, 1.165) is 73.9 Å². The van der Waals surface area contributed by atoms with E-state index < -0.39 is 6.04 Å². The number of benzene rings is 3. The third kappa shape index (κ3) is 9.12. The summed E-state index contributed by atoms with van der Waals surface area (Å²) in [5.41, 5.74) is 11.3. The second-order valence-corrected chi connectivity index (χ2v) is 13.2. The second-order valence-electron chi connectivity index (χ2n) is 13.2. The molecule has 1 aliphatic heterocycles. The average Bonchev–Trinajstić information content (AvgIpc) is 3.68. The molecule has 50 heavy (non-hydrogen) atoms. The molecule has 264 valence electrons. The Bertz CT molecular complexity index is 1720. The molecule has 12 nitrogen and oxygen atoms in total. The van der Waals surface area contributed by atoms with Crippen molar-refractivity contribution in [1.82, 2.24) is 36.6 Å². The highest BCUT2D eigenvalue weighted by atomic mass is 35.5. The Hall–Kier alpha value is -4.65. The molecule has 1 saturated heterocycles. The number of hydrogen-bond donors (Lipinski definition) is 6. The van der Waals surface area contributed by atoms with Crippen molar-refractivity contribution in [1.29, 1.82) is 0 Å². The minimum Gasteiger partial charge on any atom is -0.349 e. The molecule has 4 aromatic rings. The van der Waals surface area contributed by atoms with Crippen LogP contribution in [0, 0.1) is 18.8 Å². The molecule has 2 heterocycles. The standard InChI is InChI=1S/C37H45N9O3.ClH/c1-23-19-28(32(21-31(23)25-5-3-2-4-6-25)36(48)40-30-15-17-39-18-16-30)20-33(42-35(47)27-9-7-24(22-38)8-10-27)37(49)41-29-13-11-26(12-14-29)34-43-45-46-44-34;/h2-6,11-14,19,21,24,27,30,33,39H,7-10,15-18,20,22,38H2,1H3,(H,40,48)(H,41,49)(H,42,47)(H,43,44,45,46);1H/t24-,27-,33-;/m0./s1. The smallest absolute Gasteiger partial charge is 0.251 e. The molecule has 2 aliphatic rings. The van der Waals surface area contributed by atoms with Gasteiger partial charge in [0.1, 0.15) is 6.04 Å². The molecule has 0 unspecified atom stereocenters. The molecule has 0 spiro atoms. The van der Waals surface area contributed by atoms with Gasteiger partial charge < -0.3 is 27.0 Å². The maximum absolute atomic E-state index is 14.0. The van der Waals surface area contributed by atoms with Crippen LogP contribution in [-0.2, 0) is 16.0 Å². The number of H-pyrrole nitrogens is 1. The summed E-state index contributed by atoms with van der Waals surface area (Å²) in [6, 6.07) is 20.1. The van der Waals surface area contributed by atoms with Crippen LogP contribution < -0.4 is 27.0 Å². The van der Waals surface area contributed by atoms with E-state index in [1.54, 1.807) is 24.3 Å². The van der Waals surface area contributed by atoms with Crippen LogP contribution in [0.15, 0.2) is 66.7 Å². The van der Waals surface area contributed by atoms with Gasteiger partial charge in [0.05, 0.1) is 0 Å². The number of aryl methyl sites for hydroxylation is 1. The summed E-state index contributed by atoms with van der Waals surface area (Å²) in [4.78, 5) is 41.7. The summed E-state index contributed by atoms with van der Waals surface area (Å²) in [5.74, 6) is -0.0335. The summed E-state index contributed by atoms with van der Waals surface area (Å²) in [5, 5.41) is 26.7. The van der Waals surface area contributed by atoms with Gasteiger partial charge in [0.2, 0.25) is 17.6 Å². The fourth-order valence-corrected chi connectivity index (χ4v) is 6.90. The SMILES string of the molecule is Cc1cc(C[C@H](NC(=O)[C@H]2CC[C@H](CN)CC2)C(=O)Nc2ccc(-c3nn[nH]n3)cc2)c(C(=O)NC2CCNCC2)cc1-c1ccccc1.Cl. The Kier molecular flexibility index (Phi) is 12.7. The zero-order valence-electron chi connectivity index (χ0n) is 28.3. The molecule has 2 fully saturated rings. The zero-order chi connectivity index (χ0) is 34.2. The molecular formula is C37H46ClN9O3. The molecule has 6 rings (SSSR count). The first-order valence-electron chi connectivity index (χ1n) is 17.2. The van der Waals surface area contributed by atoms with E-state index in [9.17, 15) is 14.4 Å². The lowest BCUT2D eigenvalue weighted by Gasteiger charge is -2.29. The minimum absolute atomic E-state index is 0. The molecule has 0 bridgehead atoms. The van der Waals surface area contributed by atoms with Gasteiger partial charge in [0.25, 0.3) is 5.91 Å². The van der Waals surface area contributed by atoms with Crippen LogP contribution in [-0.4, -0.2) is 70.1 Å². The largest absolute Gasteiger partial charge is 0.349 e. The maximum atomic E-state index is 14.0. The number of rotatable bonds is 11. The predicted octanol–water partition coefficient (Wildman–Crippen LogP) is 4.18. The van der Waals surface area contributed by atoms with Crippen LogP contribution in [0.2, 0.25) is 0 Å². The summed E-state index contributed by atoms with van der Waals surface area (Å²) in [6.45, 7) is 4.32. The number of aromatic nitrogens is 4. The van der Waals surface area contributed by atoms with Crippen molar-refractivity contribution in [2.24, 2.45) is 17.6 Å². The Morgan fingerprint density at radius 1 is 0.920 bits per heavy atom. The van der Waals surface area contributed by atoms with E-state index in [1.807, 2.05) is 49.4 Å². The Balaban J connectivity index is 0.00000486. The van der Waals surface area contributed by atoms with Crippen LogP contribution in [0.3, 0.4) is 0 Å². The molecule has 1 atom stereocenters. The molecule has 1 aliphatic carbocycles. The number of aromatic amines is 1. The highest BCUT2D eigenvalue weighted by molar-refractivity contribution is 6.00. The molecule has 3 amide bonds. The van der Waals surface area contributed by atoms with Crippen LogP contribution >= 0.6 is 12.4 Å². The molecule has 13 heteroatoms. The normalized spacial score (nSPS) is 18.4. The molecule has 0 radical (unpaired) electrons. The van der Waals surface area contributed by atoms with Gasteiger partial charge in [-0.3, -0.25) is 14.4 Å². The Labute approximate surface area is 298 Å². The Morgan fingerprint density at radius 2 is 1.64 bits per heavy atom. The fourth-order valence-electron chi connectivity index (χ4n) is 6.90. The first kappa shape index (κ1) is 36.6. The van der Waals surface area contributed by atoms with Gasteiger partial charge >= 0.3 is 0 Å². The number of carbonyl (C=O) groups excluding carboxylic acids is 3. The van der Waals surface area contributed by atoms with E-state index in [1.165, 1.54) is 0 Å². The number of tetrazole rings is 1. The summed E-state index contributed by atoms with van der Waals surface area (Å²) in [7, 11) is 0. The lowest BCUT2D eigenvalue weighted by molar-refractivity contribution is -0.130. The van der Waals surface area contributed by atoms with Gasteiger partial charge in [-0.2, -0.15) is 5.21 Å². The van der Waals surface area contributed by atoms with Crippen molar-refractivity contribution in [3.63, 3.8) is 0 Å². The number of hydrogen-bond acceptors (Lipinski definition) is 8. The van der Waals surface area contributed by atoms with E-state index in [-0.39, 0.29) is 48.5 Å². The second kappa shape index (κ2) is 17.3. The van der Waals surface area contributed by atoms with E-state index in [0.29, 0.717) is 35.1 Å². The highest BCUT2D eigenvalue weighted by Gasteiger charge is 2.31. The molecule has 1 aromatic heterocycles. The van der Waals surface area contributed by atoms with Crippen molar-refractivity contribution in [3.05, 3.63) is 83.4 Å². The quantitative estimate of drug-likeness (QED) is 0.135. The first-order valence-corrected chi connectivity index (χ1v) is 17.2. The summed E-state index contributed by atoms with van der Waals surface area (Å²) in [6.07, 6.45) is 5.07. The van der Waals surface area contributed by atoms with Gasteiger partial charge in [-0.15, -0.1) is 22.6 Å². The lowest BCUT2D eigenvalue weighted by Crippen LogP contribution is -2.48. The number of carbonyl (C=O) groups is 3. The maximum Gasteiger partial charge on any atom is 0.251 e. The number of nitrogens with two attached hydrogens (primary N) is 1. The fraction of sp³-hybridized carbons (Fsp3) is 0.405. The lowest BCUT2D eigenvalue weighted by atomic mass is 9.81. The summed E-state index contributed by atoms with van der Waals surface area (Å²) >= 11 is 0. The van der Waals surface area contributed by atoms with Crippen LogP contribution in [0.1, 0.15) is 60.0 Å². The number of anilines is 1. The number of nitrogens with one attached hydrogen (secondary N) is 5. The first-order chi connectivity index (χ1) is 23.9. The summed E-state index contributed by atoms with van der Waals surface area (Å²) < 4.78 is 0. The van der Waals surface area contributed by atoms with Crippen LogP contribution in [0.5, 0.6) is 0 Å². The van der Waals surface area contributed by atoms with Crippen molar-refractivity contribution >= 4 is 35.8 Å². The number of piperidine rings is 1. The van der Waals surface area contributed by atoms with Crippen LogP contribution in [0.4, 0.5) is 5.69 Å². The predicted molar refractivity (Wildman–Crippen MR) is 196 cm³/mol. The Morgan fingerprint density at radius 3 is 2.30 bits per heavy atom. The van der Waals surface area contributed by atoms with Gasteiger partial charge in [-0.1, -0.05) is 36.4 Å². The van der Waals surface area contributed by atoms with Crippen molar-refractivity contribution in [2.75, 3.05) is 25.0 Å². The van der Waals surface area contributed by atoms with E-state index in [4.69, 9.17) is 5.73 Å². The molecular weight excluding hydrogens is 654 g/mol. The third-order valence-electron chi connectivity index (χ3n) is 9.82. The minimum atomic E-state index is -0.927. The van der Waals surface area contributed by atoms with E-state index >= 15 is 0 Å².